The predicted octanol–water partition coefficient (Wildman–Crippen LogP) is 7.78. The Bertz CT molecular complexity index is 1590. The van der Waals surface area contributed by atoms with Crippen molar-refractivity contribution in [3.8, 4) is 28.4 Å². The van der Waals surface area contributed by atoms with Crippen molar-refractivity contribution in [2.75, 3.05) is 0 Å². The first-order valence-corrected chi connectivity index (χ1v) is 11.3. The van der Waals surface area contributed by atoms with Gasteiger partial charge in [-0.25, -0.2) is 4.79 Å². The molecule has 0 spiro atoms. The van der Waals surface area contributed by atoms with E-state index in [2.05, 4.69) is 0 Å². The summed E-state index contributed by atoms with van der Waals surface area (Å²) < 4.78 is 16.7. The molecule has 5 nitrogen and oxygen atoms in total. The van der Waals surface area contributed by atoms with Crippen LogP contribution in [0.15, 0.2) is 106 Å². The largest absolute Gasteiger partial charge is 0.460 e. The Kier molecular flexibility index (Phi) is 6.27. The van der Waals surface area contributed by atoms with Gasteiger partial charge in [0.15, 0.2) is 0 Å². The lowest BCUT2D eigenvalue weighted by Crippen LogP contribution is -2.09. The average Bonchev–Trinajstić information content (AvgIpc) is 2.88. The first-order chi connectivity index (χ1) is 17.0. The summed E-state index contributed by atoms with van der Waals surface area (Å²) >= 11 is 11.8. The number of rotatable bonds is 5. The van der Waals surface area contributed by atoms with E-state index >= 15 is 0 Å². The van der Waals surface area contributed by atoms with Gasteiger partial charge in [-0.1, -0.05) is 65.7 Å². The normalized spacial score (nSPS) is 10.8. The third-order valence-electron chi connectivity index (χ3n) is 5.27. The fourth-order valence-corrected chi connectivity index (χ4v) is 3.79. The van der Waals surface area contributed by atoms with Gasteiger partial charge >= 0.3 is 5.97 Å². The first-order valence-electron chi connectivity index (χ1n) is 10.5. The number of carbonyl (C=O) groups is 1. The first kappa shape index (κ1) is 22.7. The Morgan fingerprint density at radius 2 is 1.46 bits per heavy atom. The third-order valence-corrected chi connectivity index (χ3v) is 6.01. The molecule has 35 heavy (non-hydrogen) atoms. The lowest BCUT2D eigenvalue weighted by atomic mass is 10.1. The van der Waals surface area contributed by atoms with E-state index in [0.29, 0.717) is 10.8 Å². The smallest absolute Gasteiger partial charge is 0.343 e. The Balaban J connectivity index is 1.35. The van der Waals surface area contributed by atoms with Crippen molar-refractivity contribution in [1.82, 2.24) is 0 Å². The van der Waals surface area contributed by atoms with Gasteiger partial charge in [0.25, 0.3) is 0 Å². The van der Waals surface area contributed by atoms with E-state index in [9.17, 15) is 9.59 Å². The molecule has 0 aliphatic carbocycles. The van der Waals surface area contributed by atoms with Crippen LogP contribution in [0, 0.1) is 0 Å². The minimum atomic E-state index is -0.621. The fraction of sp³-hybridized carbons (Fsp3) is 0. The minimum Gasteiger partial charge on any atom is -0.460 e. The molecular formula is C28H16Cl2O5. The highest BCUT2D eigenvalue weighted by atomic mass is 35.5. The second-order valence-electron chi connectivity index (χ2n) is 7.60. The van der Waals surface area contributed by atoms with Crippen LogP contribution in [0.1, 0.15) is 10.4 Å². The van der Waals surface area contributed by atoms with Crippen LogP contribution in [0.2, 0.25) is 10.0 Å². The van der Waals surface area contributed by atoms with Crippen LogP contribution in [0.5, 0.6) is 17.2 Å². The van der Waals surface area contributed by atoms with E-state index in [1.807, 2.05) is 42.5 Å². The zero-order chi connectivity index (χ0) is 24.4. The molecule has 1 aromatic heterocycles. The minimum absolute atomic E-state index is 0.0468. The van der Waals surface area contributed by atoms with Crippen LogP contribution < -0.4 is 14.9 Å². The molecule has 0 unspecified atom stereocenters. The molecule has 5 rings (SSSR count). The highest BCUT2D eigenvalue weighted by molar-refractivity contribution is 6.42. The number of ether oxygens (including phenoxy) is 2. The SMILES string of the molecule is O=C(Oc1ccc2c(=O)c(Oc3ccc(-c4ccccc4)cc3)coc2c1)c1ccc(Cl)c(Cl)c1. The zero-order valence-corrected chi connectivity index (χ0v) is 19.5. The number of hydrogen-bond acceptors (Lipinski definition) is 5. The molecular weight excluding hydrogens is 487 g/mol. The number of benzene rings is 4. The van der Waals surface area contributed by atoms with Gasteiger partial charge in [-0.15, -0.1) is 0 Å². The fourth-order valence-electron chi connectivity index (χ4n) is 3.49. The Labute approximate surface area is 210 Å². The maximum atomic E-state index is 12.9. The van der Waals surface area contributed by atoms with Crippen molar-refractivity contribution in [3.63, 3.8) is 0 Å². The summed E-state index contributed by atoms with van der Waals surface area (Å²) in [6.45, 7) is 0. The van der Waals surface area contributed by atoms with E-state index in [-0.39, 0.29) is 38.5 Å². The summed E-state index contributed by atoms with van der Waals surface area (Å²) in [7, 11) is 0. The zero-order valence-electron chi connectivity index (χ0n) is 18.0. The second kappa shape index (κ2) is 9.66. The van der Waals surface area contributed by atoms with Crippen molar-refractivity contribution in [1.29, 1.82) is 0 Å². The van der Waals surface area contributed by atoms with Crippen LogP contribution in [-0.4, -0.2) is 5.97 Å². The summed E-state index contributed by atoms with van der Waals surface area (Å²) in [5.41, 5.74) is 2.26. The van der Waals surface area contributed by atoms with E-state index in [0.717, 1.165) is 11.1 Å². The lowest BCUT2D eigenvalue weighted by molar-refractivity contribution is 0.0735. The van der Waals surface area contributed by atoms with Crippen LogP contribution in [0.25, 0.3) is 22.1 Å². The molecule has 4 aromatic carbocycles. The molecule has 0 N–H and O–H groups in total. The molecule has 1 heterocycles. The molecule has 0 amide bonds. The van der Waals surface area contributed by atoms with E-state index < -0.39 is 5.97 Å². The molecule has 0 fully saturated rings. The number of esters is 1. The van der Waals surface area contributed by atoms with Crippen LogP contribution in [-0.2, 0) is 0 Å². The van der Waals surface area contributed by atoms with Gasteiger partial charge in [-0.2, -0.15) is 0 Å². The van der Waals surface area contributed by atoms with Gasteiger partial charge in [0.05, 0.1) is 21.0 Å². The van der Waals surface area contributed by atoms with Gasteiger partial charge in [-0.3, -0.25) is 4.79 Å². The third kappa shape index (κ3) is 4.92. The predicted molar refractivity (Wildman–Crippen MR) is 136 cm³/mol. The summed E-state index contributed by atoms with van der Waals surface area (Å²) in [6.07, 6.45) is 1.24. The quantitative estimate of drug-likeness (QED) is 0.181. The van der Waals surface area contributed by atoms with Crippen molar-refractivity contribution < 1.29 is 18.7 Å². The molecule has 5 aromatic rings. The molecule has 172 valence electrons. The average molecular weight is 503 g/mol. The van der Waals surface area contributed by atoms with Crippen molar-refractivity contribution in [2.45, 2.75) is 0 Å². The topological polar surface area (TPSA) is 65.7 Å². The van der Waals surface area contributed by atoms with Crippen molar-refractivity contribution in [2.24, 2.45) is 0 Å². The molecule has 0 radical (unpaired) electrons. The van der Waals surface area contributed by atoms with E-state index in [1.54, 1.807) is 12.1 Å². The standard InChI is InChI=1S/C28H16Cl2O5/c29-23-13-8-19(14-24(23)30)28(32)35-21-11-12-22-25(15-21)33-16-26(27(22)31)34-20-9-6-18(7-10-20)17-4-2-1-3-5-17/h1-16H. The molecule has 0 saturated carbocycles. The highest BCUT2D eigenvalue weighted by Crippen LogP contribution is 2.28. The number of halogens is 2. The van der Waals surface area contributed by atoms with Crippen LogP contribution in [0.4, 0.5) is 0 Å². The molecule has 7 heteroatoms. The van der Waals surface area contributed by atoms with E-state index in [4.69, 9.17) is 37.1 Å². The van der Waals surface area contributed by atoms with Gasteiger partial charge in [-0.05, 0) is 53.6 Å². The van der Waals surface area contributed by atoms with Crippen LogP contribution >= 0.6 is 23.2 Å². The Hall–Kier alpha value is -4.06. The van der Waals surface area contributed by atoms with Crippen molar-refractivity contribution >= 4 is 40.1 Å². The van der Waals surface area contributed by atoms with Gasteiger partial charge in [0.2, 0.25) is 11.2 Å². The summed E-state index contributed by atoms with van der Waals surface area (Å²) in [5.74, 6) is 0.139. The lowest BCUT2D eigenvalue weighted by Gasteiger charge is -2.08. The van der Waals surface area contributed by atoms with Gasteiger partial charge in [0.1, 0.15) is 23.3 Å². The molecule has 0 aliphatic rings. The maximum absolute atomic E-state index is 12.9. The number of hydrogen-bond donors (Lipinski definition) is 0. The van der Waals surface area contributed by atoms with Gasteiger partial charge < -0.3 is 13.9 Å². The molecule has 0 saturated heterocycles. The molecule has 0 aliphatic heterocycles. The number of carbonyl (C=O) groups excluding carboxylic acids is 1. The summed E-state index contributed by atoms with van der Waals surface area (Å²) in [5, 5.41) is 0.867. The maximum Gasteiger partial charge on any atom is 0.343 e. The summed E-state index contributed by atoms with van der Waals surface area (Å²) in [4.78, 5) is 25.3. The highest BCUT2D eigenvalue weighted by Gasteiger charge is 2.14. The monoisotopic (exact) mass is 502 g/mol. The van der Waals surface area contributed by atoms with E-state index in [1.165, 1.54) is 42.7 Å². The molecule has 0 atom stereocenters. The van der Waals surface area contributed by atoms with Crippen molar-refractivity contribution in [3.05, 3.63) is 123 Å². The second-order valence-corrected chi connectivity index (χ2v) is 8.41. The Morgan fingerprint density at radius 3 is 2.20 bits per heavy atom. The summed E-state index contributed by atoms with van der Waals surface area (Å²) in [6, 6.07) is 26.3. The van der Waals surface area contributed by atoms with Gasteiger partial charge in [0, 0.05) is 6.07 Å². The number of fused-ring (bicyclic) bond motifs is 1. The van der Waals surface area contributed by atoms with Crippen LogP contribution in [0.3, 0.4) is 0 Å². The Morgan fingerprint density at radius 1 is 0.743 bits per heavy atom. The molecule has 0 bridgehead atoms.